The van der Waals surface area contributed by atoms with Crippen LogP contribution in [0.2, 0.25) is 5.02 Å². The number of aldehydes is 1. The lowest BCUT2D eigenvalue weighted by molar-refractivity contribution is 0.112. The number of carbonyl (C=O) groups excluding carboxylic acids is 1. The Morgan fingerprint density at radius 1 is 1.16 bits per heavy atom. The van der Waals surface area contributed by atoms with Gasteiger partial charge in [-0.1, -0.05) is 17.7 Å². The summed E-state index contributed by atoms with van der Waals surface area (Å²) in [6, 6.07) is 6.63. The maximum Gasteiger partial charge on any atom is 0.198 e. The highest BCUT2D eigenvalue weighted by molar-refractivity contribution is 6.32. The molecule has 0 saturated carbocycles. The minimum Gasteiger partial charge on any atom is -0.450 e. The highest BCUT2D eigenvalue weighted by Crippen LogP contribution is 2.33. The Bertz CT molecular complexity index is 618. The van der Waals surface area contributed by atoms with Gasteiger partial charge in [-0.3, -0.25) is 4.79 Å². The van der Waals surface area contributed by atoms with Gasteiger partial charge < -0.3 is 4.74 Å². The van der Waals surface area contributed by atoms with Gasteiger partial charge >= 0.3 is 0 Å². The zero-order valence-electron chi connectivity index (χ0n) is 9.91. The van der Waals surface area contributed by atoms with Gasteiger partial charge in [0.25, 0.3) is 0 Å². The molecule has 0 amide bonds. The molecule has 5 heteroatoms. The van der Waals surface area contributed by atoms with Crippen LogP contribution < -0.4 is 4.74 Å². The quantitative estimate of drug-likeness (QED) is 0.773. The van der Waals surface area contributed by atoms with Crippen molar-refractivity contribution >= 4 is 17.9 Å². The number of halogens is 3. The summed E-state index contributed by atoms with van der Waals surface area (Å²) in [5.74, 6) is -2.36. The standard InChI is InChI=1S/C14H9ClF2O2/c1-8-2-3-13(10(15)4-8)19-14-11(16)5-9(7-18)6-12(14)17/h2-7H,1H3. The summed E-state index contributed by atoms with van der Waals surface area (Å²) in [6.45, 7) is 1.83. The fourth-order valence-corrected chi connectivity index (χ4v) is 1.82. The van der Waals surface area contributed by atoms with E-state index in [1.165, 1.54) is 6.07 Å². The number of hydrogen-bond donors (Lipinski definition) is 0. The highest BCUT2D eigenvalue weighted by atomic mass is 35.5. The largest absolute Gasteiger partial charge is 0.450 e. The molecular weight excluding hydrogens is 274 g/mol. The lowest BCUT2D eigenvalue weighted by atomic mass is 10.2. The second-order valence-electron chi connectivity index (χ2n) is 3.97. The molecule has 0 aromatic heterocycles. The molecule has 0 N–H and O–H groups in total. The van der Waals surface area contributed by atoms with Crippen LogP contribution in [0.3, 0.4) is 0 Å². The number of ether oxygens (including phenoxy) is 1. The Morgan fingerprint density at radius 3 is 2.32 bits per heavy atom. The van der Waals surface area contributed by atoms with E-state index in [1.54, 1.807) is 12.1 Å². The molecule has 0 aliphatic rings. The lowest BCUT2D eigenvalue weighted by Gasteiger charge is -2.10. The molecular formula is C14H9ClF2O2. The maximum atomic E-state index is 13.6. The molecule has 0 spiro atoms. The van der Waals surface area contributed by atoms with Crippen LogP contribution in [0, 0.1) is 18.6 Å². The summed E-state index contributed by atoms with van der Waals surface area (Å²) in [4.78, 5) is 10.5. The lowest BCUT2D eigenvalue weighted by Crippen LogP contribution is -1.95. The first-order valence-electron chi connectivity index (χ1n) is 5.39. The third-order valence-corrected chi connectivity index (χ3v) is 2.75. The molecule has 0 radical (unpaired) electrons. The van der Waals surface area contributed by atoms with Gasteiger partial charge in [-0.05, 0) is 36.8 Å². The van der Waals surface area contributed by atoms with E-state index in [0.717, 1.165) is 17.7 Å². The Hall–Kier alpha value is -1.94. The summed E-state index contributed by atoms with van der Waals surface area (Å²) in [5, 5.41) is 0.248. The van der Waals surface area contributed by atoms with Crippen molar-refractivity contribution in [3.63, 3.8) is 0 Å². The van der Waals surface area contributed by atoms with Crippen LogP contribution in [-0.4, -0.2) is 6.29 Å². The van der Waals surface area contributed by atoms with Crippen LogP contribution in [0.15, 0.2) is 30.3 Å². The first-order valence-corrected chi connectivity index (χ1v) is 5.77. The van der Waals surface area contributed by atoms with Gasteiger partial charge in [-0.2, -0.15) is 0 Å². The van der Waals surface area contributed by atoms with E-state index in [0.29, 0.717) is 6.29 Å². The fourth-order valence-electron chi connectivity index (χ4n) is 1.54. The van der Waals surface area contributed by atoms with E-state index in [4.69, 9.17) is 16.3 Å². The van der Waals surface area contributed by atoms with Crippen LogP contribution in [0.4, 0.5) is 8.78 Å². The second-order valence-corrected chi connectivity index (χ2v) is 4.37. The van der Waals surface area contributed by atoms with Crippen molar-refractivity contribution in [2.24, 2.45) is 0 Å². The Labute approximate surface area is 113 Å². The number of rotatable bonds is 3. The SMILES string of the molecule is Cc1ccc(Oc2c(F)cc(C=O)cc2F)c(Cl)c1. The zero-order valence-corrected chi connectivity index (χ0v) is 10.7. The van der Waals surface area contributed by atoms with Gasteiger partial charge in [0.1, 0.15) is 12.0 Å². The molecule has 2 rings (SSSR count). The maximum absolute atomic E-state index is 13.6. The predicted molar refractivity (Wildman–Crippen MR) is 68.0 cm³/mol. The van der Waals surface area contributed by atoms with Crippen LogP contribution in [0.1, 0.15) is 15.9 Å². The molecule has 0 heterocycles. The molecule has 98 valence electrons. The van der Waals surface area contributed by atoms with Crippen LogP contribution >= 0.6 is 11.6 Å². The van der Waals surface area contributed by atoms with E-state index >= 15 is 0 Å². The van der Waals surface area contributed by atoms with Crippen molar-refractivity contribution in [1.82, 2.24) is 0 Å². The highest BCUT2D eigenvalue weighted by Gasteiger charge is 2.15. The van der Waals surface area contributed by atoms with E-state index in [9.17, 15) is 13.6 Å². The van der Waals surface area contributed by atoms with Crippen molar-refractivity contribution in [3.05, 3.63) is 58.1 Å². The summed E-state index contributed by atoms with van der Waals surface area (Å²) in [7, 11) is 0. The van der Waals surface area contributed by atoms with Gasteiger partial charge in [-0.15, -0.1) is 0 Å². The summed E-state index contributed by atoms with van der Waals surface area (Å²) < 4.78 is 32.4. The first kappa shape index (κ1) is 13.5. The van der Waals surface area contributed by atoms with Crippen molar-refractivity contribution in [2.45, 2.75) is 6.92 Å². The van der Waals surface area contributed by atoms with Gasteiger partial charge in [0.2, 0.25) is 0 Å². The van der Waals surface area contributed by atoms with E-state index in [2.05, 4.69) is 0 Å². The molecule has 0 aliphatic heterocycles. The molecule has 2 nitrogen and oxygen atoms in total. The number of benzene rings is 2. The van der Waals surface area contributed by atoms with Crippen molar-refractivity contribution < 1.29 is 18.3 Å². The Balaban J connectivity index is 2.41. The Morgan fingerprint density at radius 2 is 1.79 bits per heavy atom. The van der Waals surface area contributed by atoms with Gasteiger partial charge in [-0.25, -0.2) is 8.78 Å². The van der Waals surface area contributed by atoms with E-state index < -0.39 is 17.4 Å². The molecule has 2 aromatic rings. The van der Waals surface area contributed by atoms with Crippen molar-refractivity contribution in [3.8, 4) is 11.5 Å². The summed E-state index contributed by atoms with van der Waals surface area (Å²) in [6.07, 6.45) is 0.356. The monoisotopic (exact) mass is 282 g/mol. The fraction of sp³-hybridized carbons (Fsp3) is 0.0714. The average molecular weight is 283 g/mol. The predicted octanol–water partition coefficient (Wildman–Crippen LogP) is 4.53. The molecule has 0 unspecified atom stereocenters. The van der Waals surface area contributed by atoms with E-state index in [1.807, 2.05) is 6.92 Å². The molecule has 19 heavy (non-hydrogen) atoms. The van der Waals surface area contributed by atoms with Gasteiger partial charge in [0.15, 0.2) is 17.4 Å². The molecule has 0 atom stereocenters. The van der Waals surface area contributed by atoms with Crippen LogP contribution in [0.5, 0.6) is 11.5 Å². The minimum absolute atomic E-state index is 0.0997. The second kappa shape index (κ2) is 5.36. The number of hydrogen-bond acceptors (Lipinski definition) is 2. The van der Waals surface area contributed by atoms with Crippen molar-refractivity contribution in [1.29, 1.82) is 0 Å². The minimum atomic E-state index is -0.959. The zero-order chi connectivity index (χ0) is 14.0. The first-order chi connectivity index (χ1) is 9.01. The third-order valence-electron chi connectivity index (χ3n) is 2.46. The summed E-state index contributed by atoms with van der Waals surface area (Å²) in [5.41, 5.74) is 0.798. The Kier molecular flexibility index (Phi) is 3.81. The van der Waals surface area contributed by atoms with Gasteiger partial charge in [0.05, 0.1) is 5.02 Å². The van der Waals surface area contributed by atoms with Crippen LogP contribution in [0.25, 0.3) is 0 Å². The smallest absolute Gasteiger partial charge is 0.198 e. The molecule has 0 saturated heterocycles. The topological polar surface area (TPSA) is 26.3 Å². The normalized spacial score (nSPS) is 10.3. The number of carbonyl (C=O) groups is 1. The molecule has 0 aliphatic carbocycles. The third kappa shape index (κ3) is 2.90. The van der Waals surface area contributed by atoms with E-state index in [-0.39, 0.29) is 16.3 Å². The number of aryl methyl sites for hydroxylation is 1. The molecule has 0 fully saturated rings. The molecule has 2 aromatic carbocycles. The van der Waals surface area contributed by atoms with Crippen molar-refractivity contribution in [2.75, 3.05) is 0 Å². The molecule has 0 bridgehead atoms. The summed E-state index contributed by atoms with van der Waals surface area (Å²) >= 11 is 5.92. The average Bonchev–Trinajstić information content (AvgIpc) is 2.35. The van der Waals surface area contributed by atoms with Gasteiger partial charge in [0, 0.05) is 5.56 Å². The van der Waals surface area contributed by atoms with Crippen LogP contribution in [-0.2, 0) is 0 Å².